The summed E-state index contributed by atoms with van der Waals surface area (Å²) in [6.07, 6.45) is 0. The van der Waals surface area contributed by atoms with Gasteiger partial charge < -0.3 is 9.84 Å². The summed E-state index contributed by atoms with van der Waals surface area (Å²) in [6, 6.07) is 23.3. The number of benzene rings is 3. The van der Waals surface area contributed by atoms with Crippen LogP contribution in [0.15, 0.2) is 78.9 Å². The van der Waals surface area contributed by atoms with Crippen molar-refractivity contribution < 1.29 is 14.6 Å². The number of hydrogen-bond acceptors (Lipinski definition) is 3. The van der Waals surface area contributed by atoms with Gasteiger partial charge in [0.1, 0.15) is 17.0 Å². The number of rotatable bonds is 4. The van der Waals surface area contributed by atoms with Crippen molar-refractivity contribution >= 4 is 28.5 Å². The minimum atomic E-state index is -1.07. The van der Waals surface area contributed by atoms with E-state index in [0.717, 1.165) is 5.56 Å². The van der Waals surface area contributed by atoms with Gasteiger partial charge in [-0.2, -0.15) is 0 Å². The monoisotopic (exact) mass is 375 g/mol. The molecule has 5 heteroatoms. The minimum absolute atomic E-state index is 0.0782. The minimum Gasteiger partial charge on any atom is -0.478 e. The van der Waals surface area contributed by atoms with Crippen LogP contribution in [0.2, 0.25) is 5.02 Å². The number of carbonyl (C=O) groups is 1. The Morgan fingerprint density at radius 2 is 1.56 bits per heavy atom. The number of carboxylic acid groups (broad SMARTS) is 1. The molecule has 0 fully saturated rings. The third-order valence-electron chi connectivity index (χ3n) is 4.14. The Bertz CT molecular complexity index is 1130. The van der Waals surface area contributed by atoms with Crippen molar-refractivity contribution in [2.24, 2.45) is 0 Å². The number of nitrogens with zero attached hydrogens (tertiary/aromatic N) is 1. The van der Waals surface area contributed by atoms with E-state index in [1.54, 1.807) is 42.5 Å². The molecule has 0 amide bonds. The number of aromatic carboxylic acids is 1. The molecule has 4 nitrogen and oxygen atoms in total. The fourth-order valence-electron chi connectivity index (χ4n) is 2.92. The van der Waals surface area contributed by atoms with Crippen LogP contribution in [0.5, 0.6) is 11.5 Å². The van der Waals surface area contributed by atoms with Crippen LogP contribution in [0, 0.1) is 0 Å². The average molecular weight is 376 g/mol. The van der Waals surface area contributed by atoms with Crippen LogP contribution >= 0.6 is 11.6 Å². The molecule has 0 aliphatic carbocycles. The molecule has 4 rings (SSSR count). The highest BCUT2D eigenvalue weighted by Crippen LogP contribution is 2.39. The first kappa shape index (κ1) is 17.1. The molecule has 1 N–H and O–H groups in total. The molecule has 0 atom stereocenters. The van der Waals surface area contributed by atoms with Gasteiger partial charge in [0.25, 0.3) is 0 Å². The predicted molar refractivity (Wildman–Crippen MR) is 106 cm³/mol. The zero-order chi connectivity index (χ0) is 18.8. The van der Waals surface area contributed by atoms with Crippen molar-refractivity contribution in [1.29, 1.82) is 0 Å². The molecule has 0 radical (unpaired) electrons. The molecule has 0 aliphatic rings. The number of hydrogen-bond donors (Lipinski definition) is 1. The van der Waals surface area contributed by atoms with E-state index in [2.05, 4.69) is 4.98 Å². The van der Waals surface area contributed by atoms with Gasteiger partial charge in [0.05, 0.1) is 5.52 Å². The Morgan fingerprint density at radius 1 is 0.889 bits per heavy atom. The quantitative estimate of drug-likeness (QED) is 0.472. The first-order chi connectivity index (χ1) is 13.1. The highest BCUT2D eigenvalue weighted by molar-refractivity contribution is 6.30. The van der Waals surface area contributed by atoms with Crippen molar-refractivity contribution in [2.75, 3.05) is 0 Å². The Labute approximate surface area is 160 Å². The second kappa shape index (κ2) is 7.09. The van der Waals surface area contributed by atoms with E-state index in [9.17, 15) is 9.90 Å². The molecule has 1 aromatic heterocycles. The Hall–Kier alpha value is -3.37. The van der Waals surface area contributed by atoms with Crippen LogP contribution in [0.4, 0.5) is 0 Å². The number of fused-ring (bicyclic) bond motifs is 1. The summed E-state index contributed by atoms with van der Waals surface area (Å²) in [5.41, 5.74) is 1.92. The van der Waals surface area contributed by atoms with Gasteiger partial charge in [-0.3, -0.25) is 0 Å². The molecule has 4 aromatic rings. The number of ether oxygens (including phenoxy) is 1. The van der Waals surface area contributed by atoms with Crippen LogP contribution in [0.25, 0.3) is 22.2 Å². The molecule has 3 aromatic carbocycles. The molecule has 0 unspecified atom stereocenters. The van der Waals surface area contributed by atoms with Crippen molar-refractivity contribution in [2.45, 2.75) is 0 Å². The highest BCUT2D eigenvalue weighted by Gasteiger charge is 2.23. The van der Waals surface area contributed by atoms with Gasteiger partial charge in [-0.15, -0.1) is 0 Å². The first-order valence-corrected chi connectivity index (χ1v) is 8.66. The fraction of sp³-hybridized carbons (Fsp3) is 0. The lowest BCUT2D eigenvalue weighted by atomic mass is 10.0. The zero-order valence-corrected chi connectivity index (χ0v) is 14.9. The molecule has 0 spiro atoms. The number of carboxylic acids is 1. The first-order valence-electron chi connectivity index (χ1n) is 8.28. The van der Waals surface area contributed by atoms with E-state index < -0.39 is 5.97 Å². The van der Waals surface area contributed by atoms with Gasteiger partial charge >= 0.3 is 5.97 Å². The second-order valence-corrected chi connectivity index (χ2v) is 6.35. The number of para-hydroxylation sites is 1. The van der Waals surface area contributed by atoms with E-state index in [0.29, 0.717) is 27.4 Å². The maximum Gasteiger partial charge on any atom is 0.340 e. The average Bonchev–Trinajstić information content (AvgIpc) is 2.69. The van der Waals surface area contributed by atoms with E-state index in [4.69, 9.17) is 16.3 Å². The highest BCUT2D eigenvalue weighted by atomic mass is 35.5. The SMILES string of the molecule is O=C(O)c1c(Oc2ccc(Cl)cc2)c(-c2ccccc2)nc2ccccc12. The van der Waals surface area contributed by atoms with Crippen molar-refractivity contribution in [3.8, 4) is 22.8 Å². The molecule has 132 valence electrons. The normalized spacial score (nSPS) is 10.7. The molecule has 0 aliphatic heterocycles. The van der Waals surface area contributed by atoms with E-state index in [-0.39, 0.29) is 11.3 Å². The summed E-state index contributed by atoms with van der Waals surface area (Å²) in [6.45, 7) is 0. The van der Waals surface area contributed by atoms with E-state index in [1.807, 2.05) is 36.4 Å². The molecule has 0 saturated heterocycles. The lowest BCUT2D eigenvalue weighted by Gasteiger charge is -2.16. The van der Waals surface area contributed by atoms with Crippen LogP contribution < -0.4 is 4.74 Å². The van der Waals surface area contributed by atoms with Gasteiger partial charge in [0.15, 0.2) is 5.75 Å². The van der Waals surface area contributed by atoms with Crippen molar-refractivity contribution in [3.63, 3.8) is 0 Å². The van der Waals surface area contributed by atoms with Gasteiger partial charge in [-0.05, 0) is 30.3 Å². The molecular weight excluding hydrogens is 362 g/mol. The Morgan fingerprint density at radius 3 is 2.26 bits per heavy atom. The molecule has 27 heavy (non-hydrogen) atoms. The summed E-state index contributed by atoms with van der Waals surface area (Å²) in [4.78, 5) is 16.8. The van der Waals surface area contributed by atoms with Crippen molar-refractivity contribution in [1.82, 2.24) is 4.98 Å². The lowest BCUT2D eigenvalue weighted by Crippen LogP contribution is -2.05. The largest absolute Gasteiger partial charge is 0.478 e. The standard InChI is InChI=1S/C22H14ClNO3/c23-15-10-12-16(13-11-15)27-21-19(22(25)26)17-8-4-5-9-18(17)24-20(21)14-6-2-1-3-7-14/h1-13H,(H,25,26). The summed E-state index contributed by atoms with van der Waals surface area (Å²) < 4.78 is 6.02. The second-order valence-electron chi connectivity index (χ2n) is 5.91. The van der Waals surface area contributed by atoms with Crippen LogP contribution in [0.1, 0.15) is 10.4 Å². The molecule has 0 saturated carbocycles. The van der Waals surface area contributed by atoms with Crippen molar-refractivity contribution in [3.05, 3.63) is 89.4 Å². The van der Waals surface area contributed by atoms with Crippen LogP contribution in [-0.2, 0) is 0 Å². The topological polar surface area (TPSA) is 59.4 Å². The summed E-state index contributed by atoms with van der Waals surface area (Å²) in [7, 11) is 0. The van der Waals surface area contributed by atoms with Crippen LogP contribution in [0.3, 0.4) is 0 Å². The number of halogens is 1. The lowest BCUT2D eigenvalue weighted by molar-refractivity contribution is 0.0696. The molecule has 0 bridgehead atoms. The fourth-order valence-corrected chi connectivity index (χ4v) is 3.04. The van der Waals surface area contributed by atoms with Gasteiger partial charge in [-0.1, -0.05) is 60.1 Å². The molecule has 1 heterocycles. The third-order valence-corrected chi connectivity index (χ3v) is 4.39. The summed E-state index contributed by atoms with van der Waals surface area (Å²) in [5, 5.41) is 11.0. The smallest absolute Gasteiger partial charge is 0.340 e. The maximum absolute atomic E-state index is 12.1. The van der Waals surface area contributed by atoms with E-state index >= 15 is 0 Å². The zero-order valence-electron chi connectivity index (χ0n) is 14.1. The summed E-state index contributed by atoms with van der Waals surface area (Å²) in [5.74, 6) is -0.388. The molecular formula is C22H14ClNO3. The number of aromatic nitrogens is 1. The van der Waals surface area contributed by atoms with Gasteiger partial charge in [0, 0.05) is 16.0 Å². The third kappa shape index (κ3) is 3.35. The van der Waals surface area contributed by atoms with Gasteiger partial charge in [-0.25, -0.2) is 9.78 Å². The van der Waals surface area contributed by atoms with Gasteiger partial charge in [0.2, 0.25) is 0 Å². The Kier molecular flexibility index (Phi) is 4.48. The van der Waals surface area contributed by atoms with Crippen LogP contribution in [-0.4, -0.2) is 16.1 Å². The number of pyridine rings is 1. The summed E-state index contributed by atoms with van der Waals surface area (Å²) >= 11 is 5.94. The predicted octanol–water partition coefficient (Wildman–Crippen LogP) is 6.05. The Balaban J connectivity index is 2.01. The maximum atomic E-state index is 12.1. The van der Waals surface area contributed by atoms with E-state index in [1.165, 1.54) is 0 Å².